The van der Waals surface area contributed by atoms with Crippen molar-refractivity contribution in [2.24, 2.45) is 23.7 Å². The molecule has 2 saturated carbocycles. The van der Waals surface area contributed by atoms with Crippen molar-refractivity contribution >= 4 is 11.6 Å². The topological polar surface area (TPSA) is 34.1 Å². The predicted octanol–water partition coefficient (Wildman–Crippen LogP) is 3.62. The number of ketones is 2. The van der Waals surface area contributed by atoms with Gasteiger partial charge in [0.1, 0.15) is 0 Å². The molecule has 0 amide bonds. The van der Waals surface area contributed by atoms with Crippen LogP contribution in [0, 0.1) is 23.7 Å². The molecule has 2 nitrogen and oxygen atoms in total. The van der Waals surface area contributed by atoms with Crippen LogP contribution in [0.15, 0.2) is 23.3 Å². The quantitative estimate of drug-likeness (QED) is 0.630. The summed E-state index contributed by atoms with van der Waals surface area (Å²) in [7, 11) is 0. The molecule has 2 heteroatoms. The van der Waals surface area contributed by atoms with Gasteiger partial charge in [0.2, 0.25) is 0 Å². The Morgan fingerprint density at radius 2 is 1.15 bits per heavy atom. The molecule has 4 aliphatic carbocycles. The third-order valence-electron chi connectivity index (χ3n) is 6.05. The average Bonchev–Trinajstić information content (AvgIpc) is 2.50. The number of hydrogen-bond acceptors (Lipinski definition) is 2. The molecule has 0 radical (unpaired) electrons. The largest absolute Gasteiger partial charge is 0.294 e. The zero-order valence-electron chi connectivity index (χ0n) is 11.9. The fraction of sp³-hybridized carbons (Fsp3) is 0.667. The summed E-state index contributed by atoms with van der Waals surface area (Å²) in [5, 5.41) is 0. The molecule has 0 aromatic rings. The predicted molar refractivity (Wildman–Crippen MR) is 77.1 cm³/mol. The van der Waals surface area contributed by atoms with Crippen molar-refractivity contribution in [1.82, 2.24) is 0 Å². The Balaban J connectivity index is 1.85. The summed E-state index contributed by atoms with van der Waals surface area (Å²) in [5.41, 5.74) is 3.19. The highest BCUT2D eigenvalue weighted by Crippen LogP contribution is 2.54. The van der Waals surface area contributed by atoms with E-state index in [1.54, 1.807) is 23.3 Å². The highest BCUT2D eigenvalue weighted by molar-refractivity contribution is 6.08. The van der Waals surface area contributed by atoms with Crippen molar-refractivity contribution in [1.29, 1.82) is 0 Å². The van der Waals surface area contributed by atoms with Crippen LogP contribution in [-0.4, -0.2) is 11.6 Å². The molecule has 0 saturated heterocycles. The van der Waals surface area contributed by atoms with Gasteiger partial charge in [-0.05, 0) is 62.5 Å². The van der Waals surface area contributed by atoms with Gasteiger partial charge in [0, 0.05) is 11.8 Å². The minimum absolute atomic E-state index is 0.0188. The third-order valence-corrected chi connectivity index (χ3v) is 6.05. The molecule has 106 valence electrons. The Kier molecular flexibility index (Phi) is 2.94. The van der Waals surface area contributed by atoms with Gasteiger partial charge in [0.15, 0.2) is 11.6 Å². The molecule has 0 heterocycles. The maximum Gasteiger partial charge on any atom is 0.160 e. The van der Waals surface area contributed by atoms with E-state index in [-0.39, 0.29) is 23.4 Å². The lowest BCUT2D eigenvalue weighted by atomic mass is 9.54. The maximum absolute atomic E-state index is 12.4. The first-order valence-electron chi connectivity index (χ1n) is 8.25. The lowest BCUT2D eigenvalue weighted by Gasteiger charge is -2.48. The second-order valence-electron chi connectivity index (χ2n) is 6.94. The number of rotatable bonds is 0. The summed E-state index contributed by atoms with van der Waals surface area (Å²) < 4.78 is 0. The first kappa shape index (κ1) is 12.6. The maximum atomic E-state index is 12.4. The summed E-state index contributed by atoms with van der Waals surface area (Å²) in [6.07, 6.45) is 12.7. The first-order chi connectivity index (χ1) is 9.77. The van der Waals surface area contributed by atoms with E-state index in [0.717, 1.165) is 12.8 Å². The van der Waals surface area contributed by atoms with E-state index in [2.05, 4.69) is 0 Å². The monoisotopic (exact) mass is 270 g/mol. The Hall–Kier alpha value is -1.18. The average molecular weight is 270 g/mol. The summed E-state index contributed by atoms with van der Waals surface area (Å²) >= 11 is 0. The van der Waals surface area contributed by atoms with Crippen LogP contribution < -0.4 is 0 Å². The number of carbonyl (C=O) groups is 2. The van der Waals surface area contributed by atoms with Gasteiger partial charge in [-0.2, -0.15) is 0 Å². The molecule has 0 aromatic heterocycles. The van der Waals surface area contributed by atoms with Gasteiger partial charge in [-0.25, -0.2) is 0 Å². The molecule has 0 bridgehead atoms. The molecular weight excluding hydrogens is 248 g/mol. The lowest BCUT2D eigenvalue weighted by molar-refractivity contribution is -0.133. The summed E-state index contributed by atoms with van der Waals surface area (Å²) in [6.45, 7) is 0. The number of carbonyl (C=O) groups excluding carboxylic acids is 2. The smallest absolute Gasteiger partial charge is 0.160 e. The van der Waals surface area contributed by atoms with Crippen LogP contribution >= 0.6 is 0 Å². The van der Waals surface area contributed by atoms with E-state index in [1.807, 2.05) is 0 Å². The fourth-order valence-corrected chi connectivity index (χ4v) is 5.31. The van der Waals surface area contributed by atoms with Crippen molar-refractivity contribution in [3.8, 4) is 0 Å². The Bertz CT molecular complexity index is 480. The van der Waals surface area contributed by atoms with Gasteiger partial charge in [0.05, 0.1) is 0 Å². The van der Waals surface area contributed by atoms with Crippen LogP contribution in [0.1, 0.15) is 51.4 Å². The molecule has 0 N–H and O–H groups in total. The molecule has 4 unspecified atom stereocenters. The number of fused-ring (bicyclic) bond motifs is 5. The number of allylic oxidation sites excluding steroid dienone is 4. The molecule has 4 aliphatic rings. The second-order valence-corrected chi connectivity index (χ2v) is 6.94. The van der Waals surface area contributed by atoms with Gasteiger partial charge in [0.25, 0.3) is 0 Å². The Morgan fingerprint density at radius 1 is 0.700 bits per heavy atom. The highest BCUT2D eigenvalue weighted by atomic mass is 16.1. The highest BCUT2D eigenvalue weighted by Gasteiger charge is 2.50. The van der Waals surface area contributed by atoms with Crippen LogP contribution in [0.4, 0.5) is 0 Å². The van der Waals surface area contributed by atoms with Crippen molar-refractivity contribution in [3.05, 3.63) is 23.3 Å². The Morgan fingerprint density at radius 3 is 1.60 bits per heavy atom. The standard InChI is InChI=1S/C18H22O2/c19-15-9-10-16(20)18-14-8-4-2-6-12(14)11-5-1-3-7-13(11)17(15)18/h9-10,13-14,17-18H,1-8H2. The summed E-state index contributed by atoms with van der Waals surface area (Å²) in [5.74, 6) is 1.19. The molecule has 20 heavy (non-hydrogen) atoms. The first-order valence-corrected chi connectivity index (χ1v) is 8.25. The van der Waals surface area contributed by atoms with Crippen molar-refractivity contribution in [2.45, 2.75) is 51.4 Å². The van der Waals surface area contributed by atoms with Crippen LogP contribution in [-0.2, 0) is 9.59 Å². The van der Waals surface area contributed by atoms with Crippen LogP contribution in [0.3, 0.4) is 0 Å². The van der Waals surface area contributed by atoms with E-state index in [4.69, 9.17) is 0 Å². The molecule has 4 atom stereocenters. The van der Waals surface area contributed by atoms with Gasteiger partial charge in [-0.15, -0.1) is 0 Å². The fourth-order valence-electron chi connectivity index (χ4n) is 5.31. The Labute approximate surface area is 120 Å². The molecule has 4 rings (SSSR count). The van der Waals surface area contributed by atoms with Crippen molar-refractivity contribution < 1.29 is 9.59 Å². The zero-order valence-corrected chi connectivity index (χ0v) is 11.9. The van der Waals surface area contributed by atoms with E-state index >= 15 is 0 Å². The normalized spacial score (nSPS) is 40.2. The SMILES string of the molecule is O=C1C=CC(=O)C2C3CCCCC3=C3CCCCC3C12. The minimum Gasteiger partial charge on any atom is -0.294 e. The summed E-state index contributed by atoms with van der Waals surface area (Å²) in [4.78, 5) is 24.9. The van der Waals surface area contributed by atoms with Crippen molar-refractivity contribution in [3.63, 3.8) is 0 Å². The number of hydrogen-bond donors (Lipinski definition) is 0. The van der Waals surface area contributed by atoms with E-state index in [0.29, 0.717) is 11.8 Å². The van der Waals surface area contributed by atoms with Gasteiger partial charge in [-0.1, -0.05) is 24.0 Å². The van der Waals surface area contributed by atoms with Crippen LogP contribution in [0.5, 0.6) is 0 Å². The second kappa shape index (κ2) is 4.68. The van der Waals surface area contributed by atoms with E-state index in [9.17, 15) is 9.59 Å². The summed E-state index contributed by atoms with van der Waals surface area (Å²) in [6, 6.07) is 0. The van der Waals surface area contributed by atoms with E-state index in [1.165, 1.54) is 38.5 Å². The molecule has 0 aliphatic heterocycles. The van der Waals surface area contributed by atoms with E-state index < -0.39 is 0 Å². The zero-order chi connectivity index (χ0) is 13.7. The molecule has 0 spiro atoms. The lowest BCUT2D eigenvalue weighted by Crippen LogP contribution is -2.47. The molecular formula is C18H22O2. The van der Waals surface area contributed by atoms with Gasteiger partial charge < -0.3 is 0 Å². The minimum atomic E-state index is -0.0188. The van der Waals surface area contributed by atoms with Crippen molar-refractivity contribution in [2.75, 3.05) is 0 Å². The van der Waals surface area contributed by atoms with Crippen LogP contribution in [0.25, 0.3) is 0 Å². The van der Waals surface area contributed by atoms with Gasteiger partial charge in [-0.3, -0.25) is 9.59 Å². The molecule has 0 aromatic carbocycles. The molecule has 2 fully saturated rings. The van der Waals surface area contributed by atoms with Crippen LogP contribution in [0.2, 0.25) is 0 Å². The third kappa shape index (κ3) is 1.70. The van der Waals surface area contributed by atoms with Gasteiger partial charge >= 0.3 is 0 Å².